The Bertz CT molecular complexity index is 1020. The van der Waals surface area contributed by atoms with E-state index in [2.05, 4.69) is 52.7 Å². The van der Waals surface area contributed by atoms with Crippen LogP contribution in [0.5, 0.6) is 0 Å². The van der Waals surface area contributed by atoms with Gasteiger partial charge in [0.1, 0.15) is 11.6 Å². The van der Waals surface area contributed by atoms with E-state index in [0.717, 1.165) is 50.3 Å². The lowest BCUT2D eigenvalue weighted by Crippen LogP contribution is -2.36. The standard InChI is InChI=1S/C24H31Br2FN6O/c1-33(2)22-17-5-3-4-6-20(17)30-23(32-22)29-16-9-7-14(8-10-16)13-28-24(34)31-21-18(26)11-15(25)12-19(21)27/h11-12,14,16H,3-10,13H2,1-2H3,(H2,28,31,34)(H,29,30,32). The molecule has 2 aromatic rings. The highest BCUT2D eigenvalue weighted by atomic mass is 79.9. The second-order valence-corrected chi connectivity index (χ2v) is 11.1. The number of aromatic nitrogens is 2. The summed E-state index contributed by atoms with van der Waals surface area (Å²) in [6.07, 6.45) is 8.47. The average molecular weight is 598 g/mol. The van der Waals surface area contributed by atoms with Crippen molar-refractivity contribution < 1.29 is 9.18 Å². The first kappa shape index (κ1) is 25.2. The molecule has 7 nitrogen and oxygen atoms in total. The third-order valence-corrected chi connectivity index (χ3v) is 7.64. The van der Waals surface area contributed by atoms with Crippen molar-refractivity contribution in [2.75, 3.05) is 36.2 Å². The summed E-state index contributed by atoms with van der Waals surface area (Å²) in [5.41, 5.74) is 2.62. The fourth-order valence-corrected chi connectivity index (χ4v) is 6.03. The number of anilines is 3. The van der Waals surface area contributed by atoms with Gasteiger partial charge in [0, 0.05) is 41.2 Å². The molecule has 1 saturated carbocycles. The number of fused-ring (bicyclic) bond motifs is 1. The zero-order valence-electron chi connectivity index (χ0n) is 19.6. The van der Waals surface area contributed by atoms with Gasteiger partial charge in [-0.05, 0) is 85.3 Å². The van der Waals surface area contributed by atoms with Crippen LogP contribution < -0.4 is 20.9 Å². The van der Waals surface area contributed by atoms with Gasteiger partial charge in [-0.25, -0.2) is 14.2 Å². The molecule has 1 fully saturated rings. The summed E-state index contributed by atoms with van der Waals surface area (Å²) in [6.45, 7) is 0.564. The maximum Gasteiger partial charge on any atom is 0.319 e. The van der Waals surface area contributed by atoms with Gasteiger partial charge in [0.2, 0.25) is 5.95 Å². The van der Waals surface area contributed by atoms with Gasteiger partial charge in [-0.3, -0.25) is 0 Å². The zero-order valence-corrected chi connectivity index (χ0v) is 22.7. The summed E-state index contributed by atoms with van der Waals surface area (Å²) in [6, 6.07) is 2.94. The zero-order chi connectivity index (χ0) is 24.2. The summed E-state index contributed by atoms with van der Waals surface area (Å²) in [5.74, 6) is 1.66. The molecule has 0 unspecified atom stereocenters. The molecule has 2 aliphatic carbocycles. The Balaban J connectivity index is 1.26. The van der Waals surface area contributed by atoms with Gasteiger partial charge >= 0.3 is 6.03 Å². The van der Waals surface area contributed by atoms with Crippen LogP contribution in [0.25, 0.3) is 0 Å². The highest BCUT2D eigenvalue weighted by Crippen LogP contribution is 2.31. The van der Waals surface area contributed by atoms with Gasteiger partial charge in [0.05, 0.1) is 11.4 Å². The minimum Gasteiger partial charge on any atom is -0.362 e. The van der Waals surface area contributed by atoms with E-state index in [9.17, 15) is 9.18 Å². The molecule has 2 amide bonds. The first-order valence-electron chi connectivity index (χ1n) is 11.8. The van der Waals surface area contributed by atoms with Crippen LogP contribution in [-0.4, -0.2) is 42.7 Å². The summed E-state index contributed by atoms with van der Waals surface area (Å²) >= 11 is 6.52. The largest absolute Gasteiger partial charge is 0.362 e. The number of hydrogen-bond acceptors (Lipinski definition) is 5. The number of halogens is 3. The molecule has 0 radical (unpaired) electrons. The molecule has 0 atom stereocenters. The maximum atomic E-state index is 14.1. The number of nitrogens with one attached hydrogen (secondary N) is 3. The molecule has 1 heterocycles. The van der Waals surface area contributed by atoms with Crippen LogP contribution in [0, 0.1) is 11.7 Å². The number of nitrogens with zero attached hydrogens (tertiary/aromatic N) is 3. The highest BCUT2D eigenvalue weighted by molar-refractivity contribution is 9.11. The van der Waals surface area contributed by atoms with E-state index >= 15 is 0 Å². The van der Waals surface area contributed by atoms with Gasteiger partial charge in [-0.1, -0.05) is 15.9 Å². The van der Waals surface area contributed by atoms with E-state index in [1.54, 1.807) is 6.07 Å². The van der Waals surface area contributed by atoms with E-state index in [1.165, 1.54) is 30.2 Å². The third kappa shape index (κ3) is 6.19. The van der Waals surface area contributed by atoms with Crippen LogP contribution in [0.2, 0.25) is 0 Å². The van der Waals surface area contributed by atoms with Crippen molar-refractivity contribution in [3.8, 4) is 0 Å². The fraction of sp³-hybridized carbons (Fsp3) is 0.542. The van der Waals surface area contributed by atoms with E-state index in [1.807, 2.05) is 14.1 Å². The van der Waals surface area contributed by atoms with Crippen LogP contribution in [0.4, 0.5) is 26.6 Å². The van der Waals surface area contributed by atoms with E-state index in [-0.39, 0.29) is 5.69 Å². The van der Waals surface area contributed by atoms with Crippen molar-refractivity contribution in [3.05, 3.63) is 38.2 Å². The SMILES string of the molecule is CN(C)c1nc(NC2CCC(CNC(=O)Nc3c(F)cc(Br)cc3Br)CC2)nc2c1CCCC2. The molecule has 3 N–H and O–H groups in total. The maximum absolute atomic E-state index is 14.1. The lowest BCUT2D eigenvalue weighted by atomic mass is 9.86. The molecule has 184 valence electrons. The normalized spacial score (nSPS) is 19.8. The van der Waals surface area contributed by atoms with Crippen LogP contribution >= 0.6 is 31.9 Å². The molecule has 0 bridgehead atoms. The van der Waals surface area contributed by atoms with Crippen molar-refractivity contribution >= 4 is 55.3 Å². The number of carbonyl (C=O) groups excluding carboxylic acids is 1. The summed E-state index contributed by atoms with van der Waals surface area (Å²) in [4.78, 5) is 24.0. The minimum absolute atomic E-state index is 0.135. The first-order valence-corrected chi connectivity index (χ1v) is 13.4. The van der Waals surface area contributed by atoms with Gasteiger partial charge < -0.3 is 20.9 Å². The number of benzene rings is 1. The van der Waals surface area contributed by atoms with E-state index in [0.29, 0.717) is 27.4 Å². The molecule has 10 heteroatoms. The molecular weight excluding hydrogens is 567 g/mol. The Hall–Kier alpha value is -1.94. The molecule has 1 aromatic heterocycles. The Morgan fingerprint density at radius 1 is 1.12 bits per heavy atom. The number of rotatable bonds is 6. The number of amides is 2. The number of carbonyl (C=O) groups is 1. The lowest BCUT2D eigenvalue weighted by Gasteiger charge is -2.30. The van der Waals surface area contributed by atoms with Crippen molar-refractivity contribution in [2.45, 2.75) is 57.4 Å². The number of aryl methyl sites for hydroxylation is 1. The van der Waals surface area contributed by atoms with E-state index < -0.39 is 11.8 Å². The molecule has 34 heavy (non-hydrogen) atoms. The predicted octanol–water partition coefficient (Wildman–Crippen LogP) is 5.88. The molecule has 4 rings (SSSR count). The van der Waals surface area contributed by atoms with Crippen LogP contribution in [-0.2, 0) is 12.8 Å². The molecule has 0 saturated heterocycles. The Morgan fingerprint density at radius 3 is 2.56 bits per heavy atom. The smallest absolute Gasteiger partial charge is 0.319 e. The third-order valence-electron chi connectivity index (χ3n) is 6.56. The van der Waals surface area contributed by atoms with Gasteiger partial charge in [0.25, 0.3) is 0 Å². The average Bonchev–Trinajstić information content (AvgIpc) is 2.80. The van der Waals surface area contributed by atoms with Crippen molar-refractivity contribution in [3.63, 3.8) is 0 Å². The predicted molar refractivity (Wildman–Crippen MR) is 141 cm³/mol. The summed E-state index contributed by atoms with van der Waals surface area (Å²) < 4.78 is 15.2. The number of urea groups is 1. The fourth-order valence-electron chi connectivity index (χ4n) is 4.76. The van der Waals surface area contributed by atoms with E-state index in [4.69, 9.17) is 9.97 Å². The molecular formula is C24H31Br2FN6O. The molecule has 0 aliphatic heterocycles. The molecule has 1 aromatic carbocycles. The molecule has 2 aliphatic rings. The second kappa shape index (κ2) is 11.2. The van der Waals surface area contributed by atoms with Gasteiger partial charge in [0.15, 0.2) is 0 Å². The van der Waals surface area contributed by atoms with Crippen molar-refractivity contribution in [1.29, 1.82) is 0 Å². The van der Waals surface area contributed by atoms with Crippen LogP contribution in [0.15, 0.2) is 21.1 Å². The van der Waals surface area contributed by atoms with Crippen LogP contribution in [0.1, 0.15) is 49.8 Å². The topological polar surface area (TPSA) is 82.2 Å². The molecule has 0 spiro atoms. The first-order chi connectivity index (χ1) is 16.3. The summed E-state index contributed by atoms with van der Waals surface area (Å²) in [5, 5.41) is 9.05. The Morgan fingerprint density at radius 2 is 1.85 bits per heavy atom. The Labute approximate surface area is 216 Å². The van der Waals surface area contributed by atoms with Crippen LogP contribution in [0.3, 0.4) is 0 Å². The van der Waals surface area contributed by atoms with Crippen molar-refractivity contribution in [2.24, 2.45) is 5.92 Å². The highest BCUT2D eigenvalue weighted by Gasteiger charge is 2.24. The summed E-state index contributed by atoms with van der Waals surface area (Å²) in [7, 11) is 4.08. The monoisotopic (exact) mass is 596 g/mol. The number of hydrogen-bond donors (Lipinski definition) is 3. The van der Waals surface area contributed by atoms with Gasteiger partial charge in [-0.2, -0.15) is 4.98 Å². The minimum atomic E-state index is -0.496. The quantitative estimate of drug-likeness (QED) is 0.387. The second-order valence-electron chi connectivity index (χ2n) is 9.34. The van der Waals surface area contributed by atoms with Gasteiger partial charge in [-0.15, -0.1) is 0 Å². The Kier molecular flexibility index (Phi) is 8.29. The van der Waals surface area contributed by atoms with Crippen molar-refractivity contribution in [1.82, 2.24) is 15.3 Å². The lowest BCUT2D eigenvalue weighted by molar-refractivity contribution is 0.246.